The Hall–Kier alpha value is -1.59. The number of oxime groups is 1. The molecule has 4 N–H and O–H groups in total. The summed E-state index contributed by atoms with van der Waals surface area (Å²) >= 11 is 0. The lowest BCUT2D eigenvalue weighted by molar-refractivity contribution is 0.117. The summed E-state index contributed by atoms with van der Waals surface area (Å²) in [4.78, 5) is 2.37. The molecule has 0 spiro atoms. The van der Waals surface area contributed by atoms with Crippen LogP contribution in [0.5, 0.6) is 0 Å². The predicted octanol–water partition coefficient (Wildman–Crippen LogP) is 1.75. The Labute approximate surface area is 126 Å². The van der Waals surface area contributed by atoms with E-state index in [4.69, 9.17) is 10.9 Å². The van der Waals surface area contributed by atoms with Gasteiger partial charge in [-0.15, -0.1) is 0 Å². The molecule has 0 bridgehead atoms. The molecule has 1 aromatic carbocycles. The average molecular weight is 291 g/mol. The number of nitrogens with two attached hydrogens (primary N) is 1. The molecule has 0 aliphatic carbocycles. The van der Waals surface area contributed by atoms with Crippen LogP contribution in [0.2, 0.25) is 0 Å². The molecule has 5 nitrogen and oxygen atoms in total. The molecule has 1 aliphatic rings. The molecule has 0 radical (unpaired) electrons. The van der Waals surface area contributed by atoms with Gasteiger partial charge < -0.3 is 16.0 Å². The van der Waals surface area contributed by atoms with E-state index in [2.05, 4.69) is 10.1 Å². The third-order valence-electron chi connectivity index (χ3n) is 4.30. The second-order valence-electron chi connectivity index (χ2n) is 5.64. The number of likely N-dealkylation sites (tertiary alicyclic amines) is 1. The van der Waals surface area contributed by atoms with Crippen LogP contribution in [-0.4, -0.2) is 46.8 Å². The summed E-state index contributed by atoms with van der Waals surface area (Å²) in [6, 6.07) is 10.3. The SMILES string of the molecule is NC(=NO)C(CN1CCCCC1CCO)c1ccccc1. The van der Waals surface area contributed by atoms with Gasteiger partial charge in [0.1, 0.15) is 5.84 Å². The van der Waals surface area contributed by atoms with Crippen LogP contribution in [0.15, 0.2) is 35.5 Å². The van der Waals surface area contributed by atoms with E-state index in [-0.39, 0.29) is 18.4 Å². The minimum atomic E-state index is -0.115. The van der Waals surface area contributed by atoms with Crippen LogP contribution in [0.4, 0.5) is 0 Å². The molecule has 2 unspecified atom stereocenters. The fraction of sp³-hybridized carbons (Fsp3) is 0.562. The Morgan fingerprint density at radius 1 is 1.33 bits per heavy atom. The van der Waals surface area contributed by atoms with E-state index < -0.39 is 0 Å². The van der Waals surface area contributed by atoms with Crippen molar-refractivity contribution in [2.45, 2.75) is 37.6 Å². The van der Waals surface area contributed by atoms with E-state index in [0.29, 0.717) is 6.04 Å². The number of aliphatic hydroxyl groups is 1. The van der Waals surface area contributed by atoms with Gasteiger partial charge in [0.2, 0.25) is 0 Å². The first-order valence-electron chi connectivity index (χ1n) is 7.63. The molecule has 1 aromatic rings. The van der Waals surface area contributed by atoms with Gasteiger partial charge in [-0.3, -0.25) is 4.90 Å². The van der Waals surface area contributed by atoms with Crippen LogP contribution in [0.1, 0.15) is 37.2 Å². The van der Waals surface area contributed by atoms with Crippen molar-refractivity contribution in [2.75, 3.05) is 19.7 Å². The van der Waals surface area contributed by atoms with Crippen molar-refractivity contribution in [2.24, 2.45) is 10.9 Å². The third kappa shape index (κ3) is 4.19. The van der Waals surface area contributed by atoms with E-state index in [1.54, 1.807) is 0 Å². The first-order valence-corrected chi connectivity index (χ1v) is 7.63. The number of benzene rings is 1. The van der Waals surface area contributed by atoms with Crippen molar-refractivity contribution in [3.05, 3.63) is 35.9 Å². The Morgan fingerprint density at radius 2 is 2.10 bits per heavy atom. The summed E-state index contributed by atoms with van der Waals surface area (Å²) in [5, 5.41) is 21.5. The number of rotatable bonds is 6. The molecule has 1 fully saturated rings. The maximum atomic E-state index is 9.23. The monoisotopic (exact) mass is 291 g/mol. The van der Waals surface area contributed by atoms with E-state index in [1.807, 2.05) is 30.3 Å². The van der Waals surface area contributed by atoms with Crippen LogP contribution < -0.4 is 5.73 Å². The molecule has 1 saturated heterocycles. The standard InChI is InChI=1S/C16H25N3O2/c17-16(18-21)15(13-6-2-1-3-7-13)12-19-10-5-4-8-14(19)9-11-20/h1-3,6-7,14-15,20-21H,4-5,8-12H2,(H2,17,18). The van der Waals surface area contributed by atoms with Crippen molar-refractivity contribution in [1.82, 2.24) is 4.90 Å². The van der Waals surface area contributed by atoms with Crippen molar-refractivity contribution in [3.63, 3.8) is 0 Å². The zero-order chi connectivity index (χ0) is 15.1. The predicted molar refractivity (Wildman–Crippen MR) is 83.5 cm³/mol. The van der Waals surface area contributed by atoms with Crippen molar-refractivity contribution in [1.29, 1.82) is 0 Å². The molecule has 1 heterocycles. The summed E-state index contributed by atoms with van der Waals surface area (Å²) in [6.07, 6.45) is 4.27. The van der Waals surface area contributed by atoms with Gasteiger partial charge in [-0.05, 0) is 31.4 Å². The lowest BCUT2D eigenvalue weighted by Crippen LogP contribution is -2.44. The van der Waals surface area contributed by atoms with Crippen LogP contribution >= 0.6 is 0 Å². The Balaban J connectivity index is 2.14. The zero-order valence-corrected chi connectivity index (χ0v) is 12.4. The number of aliphatic hydroxyl groups excluding tert-OH is 1. The van der Waals surface area contributed by atoms with E-state index in [0.717, 1.165) is 31.5 Å². The van der Waals surface area contributed by atoms with Gasteiger partial charge in [0.25, 0.3) is 0 Å². The maximum Gasteiger partial charge on any atom is 0.147 e. The van der Waals surface area contributed by atoms with E-state index in [1.165, 1.54) is 12.8 Å². The second kappa shape index (κ2) is 8.00. The molecule has 5 heteroatoms. The van der Waals surface area contributed by atoms with Crippen LogP contribution in [0.3, 0.4) is 0 Å². The topological polar surface area (TPSA) is 82.1 Å². The minimum absolute atomic E-state index is 0.115. The number of amidine groups is 1. The Kier molecular flexibility index (Phi) is 6.02. The minimum Gasteiger partial charge on any atom is -0.409 e. The van der Waals surface area contributed by atoms with Gasteiger partial charge >= 0.3 is 0 Å². The highest BCUT2D eigenvalue weighted by Crippen LogP contribution is 2.24. The van der Waals surface area contributed by atoms with Gasteiger partial charge in [0.05, 0.1) is 5.92 Å². The molecular weight excluding hydrogens is 266 g/mol. The normalized spacial score (nSPS) is 22.1. The van der Waals surface area contributed by atoms with Gasteiger partial charge in [-0.1, -0.05) is 41.9 Å². The summed E-state index contributed by atoms with van der Waals surface area (Å²) in [5.74, 6) is 0.130. The van der Waals surface area contributed by atoms with E-state index >= 15 is 0 Å². The Bertz CT molecular complexity index is 448. The second-order valence-corrected chi connectivity index (χ2v) is 5.64. The largest absolute Gasteiger partial charge is 0.409 e. The van der Waals surface area contributed by atoms with Crippen molar-refractivity contribution in [3.8, 4) is 0 Å². The number of hydrogen-bond acceptors (Lipinski definition) is 4. The van der Waals surface area contributed by atoms with Crippen molar-refractivity contribution < 1.29 is 10.3 Å². The van der Waals surface area contributed by atoms with Crippen LogP contribution in [-0.2, 0) is 0 Å². The molecular formula is C16H25N3O2. The zero-order valence-electron chi connectivity index (χ0n) is 12.4. The summed E-state index contributed by atoms with van der Waals surface area (Å²) < 4.78 is 0. The molecule has 1 aliphatic heterocycles. The third-order valence-corrected chi connectivity index (χ3v) is 4.30. The number of nitrogens with zero attached hydrogens (tertiary/aromatic N) is 2. The molecule has 0 amide bonds. The van der Waals surface area contributed by atoms with Crippen LogP contribution in [0, 0.1) is 0 Å². The highest BCUT2D eigenvalue weighted by Gasteiger charge is 2.27. The van der Waals surface area contributed by atoms with Gasteiger partial charge in [0, 0.05) is 19.2 Å². The fourth-order valence-corrected chi connectivity index (χ4v) is 3.14. The quantitative estimate of drug-likeness (QED) is 0.323. The first-order chi connectivity index (χ1) is 10.3. The highest BCUT2D eigenvalue weighted by molar-refractivity contribution is 5.87. The lowest BCUT2D eigenvalue weighted by atomic mass is 9.93. The van der Waals surface area contributed by atoms with Gasteiger partial charge in [0.15, 0.2) is 0 Å². The molecule has 21 heavy (non-hydrogen) atoms. The average Bonchev–Trinajstić information content (AvgIpc) is 2.54. The lowest BCUT2D eigenvalue weighted by Gasteiger charge is -2.37. The smallest absolute Gasteiger partial charge is 0.147 e. The van der Waals surface area contributed by atoms with Crippen LogP contribution in [0.25, 0.3) is 0 Å². The molecule has 116 valence electrons. The number of hydrogen-bond donors (Lipinski definition) is 3. The van der Waals surface area contributed by atoms with Gasteiger partial charge in [-0.25, -0.2) is 0 Å². The fourth-order valence-electron chi connectivity index (χ4n) is 3.14. The summed E-state index contributed by atoms with van der Waals surface area (Å²) in [6.45, 7) is 1.94. The maximum absolute atomic E-state index is 9.23. The highest BCUT2D eigenvalue weighted by atomic mass is 16.4. The molecule has 0 saturated carbocycles. The molecule has 0 aromatic heterocycles. The number of piperidine rings is 1. The van der Waals surface area contributed by atoms with E-state index in [9.17, 15) is 5.11 Å². The van der Waals surface area contributed by atoms with Gasteiger partial charge in [-0.2, -0.15) is 0 Å². The van der Waals surface area contributed by atoms with Crippen molar-refractivity contribution >= 4 is 5.84 Å². The summed E-state index contributed by atoms with van der Waals surface area (Å²) in [5.41, 5.74) is 6.97. The summed E-state index contributed by atoms with van der Waals surface area (Å²) in [7, 11) is 0. The first kappa shape index (κ1) is 15.8. The molecule has 2 rings (SSSR count). The molecule has 2 atom stereocenters. The Morgan fingerprint density at radius 3 is 2.76 bits per heavy atom.